The van der Waals surface area contributed by atoms with Crippen LogP contribution in [-0.4, -0.2) is 4.98 Å². The first-order chi connectivity index (χ1) is 15.9. The molecule has 0 amide bonds. The zero-order valence-corrected chi connectivity index (χ0v) is 21.2. The van der Waals surface area contributed by atoms with Crippen LogP contribution < -0.4 is 0 Å². The quantitative estimate of drug-likeness (QED) is 0.182. The molecule has 0 aliphatic rings. The first kappa shape index (κ1) is 23.6. The van der Waals surface area contributed by atoms with Gasteiger partial charge >= 0.3 is 0 Å². The molecule has 6 aromatic rings. The molecule has 34 heavy (non-hydrogen) atoms. The molecule has 0 aliphatic heterocycles. The van der Waals surface area contributed by atoms with Crippen molar-refractivity contribution in [2.45, 2.75) is 0 Å². The van der Waals surface area contributed by atoms with Gasteiger partial charge in [-0.15, -0.1) is 29.1 Å². The molecule has 0 unspecified atom stereocenters. The summed E-state index contributed by atoms with van der Waals surface area (Å²) in [6.07, 6.45) is 0. The third-order valence-corrected chi connectivity index (χ3v) is 5.97. The van der Waals surface area contributed by atoms with Crippen molar-refractivity contribution in [2.75, 3.05) is 0 Å². The molecule has 0 fully saturated rings. The number of rotatable bonds is 3. The topological polar surface area (TPSA) is 12.9 Å². The predicted molar refractivity (Wildman–Crippen MR) is 141 cm³/mol. The third-order valence-electron chi connectivity index (χ3n) is 5.97. The molecule has 5 aromatic carbocycles. The van der Waals surface area contributed by atoms with Crippen LogP contribution in [0.25, 0.3) is 55.2 Å². The molecule has 1 nitrogen and oxygen atoms in total. The normalized spacial score (nSPS) is 10.5. The average Bonchev–Trinajstić information content (AvgIpc) is 2.88. The first-order valence-electron chi connectivity index (χ1n) is 10.8. The van der Waals surface area contributed by atoms with Crippen LogP contribution in [-0.2, 0) is 20.1 Å². The van der Waals surface area contributed by atoms with Crippen LogP contribution in [0, 0.1) is 13.5 Å². The maximum atomic E-state index is 5.23. The van der Waals surface area contributed by atoms with E-state index < -0.39 is 0 Å². The summed E-state index contributed by atoms with van der Waals surface area (Å²) in [7, 11) is 0. The average molecular weight is 614 g/mol. The van der Waals surface area contributed by atoms with E-state index in [1.54, 1.807) is 0 Å². The van der Waals surface area contributed by atoms with E-state index in [0.717, 1.165) is 38.7 Å². The van der Waals surface area contributed by atoms with Crippen LogP contribution in [0.2, 0.25) is 0 Å². The minimum absolute atomic E-state index is 0. The van der Waals surface area contributed by atoms with E-state index in [1.165, 1.54) is 16.5 Å². The smallest absolute Gasteiger partial charge is 0.0602 e. The van der Waals surface area contributed by atoms with Crippen molar-refractivity contribution in [1.82, 2.24) is 4.98 Å². The Labute approximate surface area is 214 Å². The fourth-order valence-corrected chi connectivity index (χ4v) is 4.54. The minimum Gasteiger partial charge on any atom is -0.358 e. The van der Waals surface area contributed by atoms with Crippen LogP contribution >= 0.6 is 0 Å². The van der Waals surface area contributed by atoms with Gasteiger partial charge in [-0.1, -0.05) is 109 Å². The van der Waals surface area contributed by atoms with Gasteiger partial charge in [0.25, 0.3) is 0 Å². The molecule has 1 radical (unpaired) electrons. The van der Waals surface area contributed by atoms with Crippen molar-refractivity contribution in [1.29, 1.82) is 0 Å². The zero-order chi connectivity index (χ0) is 21.3. The summed E-state index contributed by atoms with van der Waals surface area (Å²) in [5.41, 5.74) is 7.67. The molecule has 6 rings (SSSR count). The van der Waals surface area contributed by atoms with Gasteiger partial charge in [-0.05, 0) is 34.0 Å². The number of fused-ring (bicyclic) bond motifs is 2. The van der Waals surface area contributed by atoms with Crippen molar-refractivity contribution in [3.8, 4) is 33.5 Å². The van der Waals surface area contributed by atoms with Gasteiger partial charge in [-0.25, -0.2) is 0 Å². The number of para-hydroxylation sites is 1. The van der Waals surface area contributed by atoms with Gasteiger partial charge in [-0.3, -0.25) is 4.98 Å². The van der Waals surface area contributed by atoms with E-state index in [1.807, 2.05) is 6.07 Å². The summed E-state index contributed by atoms with van der Waals surface area (Å²) in [4.78, 5) is 5.23. The standard InChI is InChI=1S/C31H20N.CH3.Ir/c1-3-13-23(14-4-1)29-27-19-9-10-21-28(27)32-31(30(29)24-15-5-2-6-16-24)26-20-11-17-22-12-7-8-18-25(22)26;;/h1-19,21H;1H3;/q2*-1;. The number of nitrogens with zero attached hydrogens (tertiary/aromatic N) is 1. The zero-order valence-electron chi connectivity index (χ0n) is 18.8. The van der Waals surface area contributed by atoms with E-state index in [-0.39, 0.29) is 27.5 Å². The Morgan fingerprint density at radius 3 is 1.79 bits per heavy atom. The number of pyridine rings is 1. The summed E-state index contributed by atoms with van der Waals surface area (Å²) >= 11 is 0. The fraction of sp³-hybridized carbons (Fsp3) is 0. The molecule has 2 heteroatoms. The van der Waals surface area contributed by atoms with Gasteiger partial charge in [0.15, 0.2) is 0 Å². The molecule has 0 spiro atoms. The second-order valence-corrected chi connectivity index (χ2v) is 7.90. The van der Waals surface area contributed by atoms with Crippen molar-refractivity contribution in [2.24, 2.45) is 0 Å². The van der Waals surface area contributed by atoms with Crippen LogP contribution in [0.4, 0.5) is 0 Å². The van der Waals surface area contributed by atoms with Crippen molar-refractivity contribution < 1.29 is 20.1 Å². The Morgan fingerprint density at radius 2 is 1.09 bits per heavy atom. The molecule has 0 aliphatic carbocycles. The van der Waals surface area contributed by atoms with Crippen LogP contribution in [0.3, 0.4) is 0 Å². The van der Waals surface area contributed by atoms with Crippen molar-refractivity contribution in [3.05, 3.63) is 135 Å². The Morgan fingerprint density at radius 1 is 0.529 bits per heavy atom. The Balaban J connectivity index is 0.00000137. The van der Waals surface area contributed by atoms with Crippen molar-refractivity contribution in [3.63, 3.8) is 0 Å². The van der Waals surface area contributed by atoms with Gasteiger partial charge in [0.05, 0.1) is 5.52 Å². The van der Waals surface area contributed by atoms with Crippen LogP contribution in [0.5, 0.6) is 0 Å². The minimum atomic E-state index is 0. The van der Waals surface area contributed by atoms with E-state index in [4.69, 9.17) is 4.98 Å². The SMILES string of the molecule is [CH3-].[Ir].[c-]1ccc2ccccc2c1-c1nc2ccccc2c(-c2ccccc2)c1-c1ccccc1. The maximum Gasteiger partial charge on any atom is 0.0602 e. The summed E-state index contributed by atoms with van der Waals surface area (Å²) in [6, 6.07) is 45.8. The fourth-order valence-electron chi connectivity index (χ4n) is 4.54. The summed E-state index contributed by atoms with van der Waals surface area (Å²) in [5.74, 6) is 0. The monoisotopic (exact) mass is 614 g/mol. The van der Waals surface area contributed by atoms with E-state index in [0.29, 0.717) is 0 Å². The van der Waals surface area contributed by atoms with Gasteiger partial charge in [0, 0.05) is 25.5 Å². The molecule has 1 aromatic heterocycles. The molecule has 0 saturated carbocycles. The number of hydrogen-bond donors (Lipinski definition) is 0. The van der Waals surface area contributed by atoms with Crippen LogP contribution in [0.1, 0.15) is 0 Å². The molecule has 0 bridgehead atoms. The van der Waals surface area contributed by atoms with Gasteiger partial charge in [0.1, 0.15) is 0 Å². The van der Waals surface area contributed by atoms with Gasteiger partial charge < -0.3 is 7.43 Å². The van der Waals surface area contributed by atoms with Gasteiger partial charge in [0.2, 0.25) is 0 Å². The molecule has 0 saturated heterocycles. The van der Waals surface area contributed by atoms with E-state index in [9.17, 15) is 0 Å². The Hall–Kier alpha value is -3.58. The molecule has 0 N–H and O–H groups in total. The Kier molecular flexibility index (Phi) is 7.03. The molecule has 1 heterocycles. The largest absolute Gasteiger partial charge is 0.358 e. The van der Waals surface area contributed by atoms with E-state index >= 15 is 0 Å². The third kappa shape index (κ3) is 4.07. The number of aromatic nitrogens is 1. The maximum absolute atomic E-state index is 5.23. The van der Waals surface area contributed by atoms with Gasteiger partial charge in [-0.2, -0.15) is 0 Å². The Bertz CT molecular complexity index is 1550. The second-order valence-electron chi connectivity index (χ2n) is 7.90. The predicted octanol–water partition coefficient (Wildman–Crippen LogP) is 8.64. The second kappa shape index (κ2) is 10.1. The summed E-state index contributed by atoms with van der Waals surface area (Å²) < 4.78 is 0. The first-order valence-corrected chi connectivity index (χ1v) is 10.8. The molecular formula is C32H23IrN-2. The number of hydrogen-bond acceptors (Lipinski definition) is 1. The molecule has 167 valence electrons. The summed E-state index contributed by atoms with van der Waals surface area (Å²) in [6.45, 7) is 0. The molecule has 0 atom stereocenters. The number of benzene rings is 5. The van der Waals surface area contributed by atoms with E-state index in [2.05, 4.69) is 121 Å². The molecular weight excluding hydrogens is 591 g/mol. The van der Waals surface area contributed by atoms with Crippen LogP contribution in [0.15, 0.2) is 121 Å². The summed E-state index contributed by atoms with van der Waals surface area (Å²) in [5, 5.41) is 3.51. The van der Waals surface area contributed by atoms with Crippen molar-refractivity contribution >= 4 is 21.7 Å².